The third kappa shape index (κ3) is 5.83. The van der Waals surface area contributed by atoms with Crippen LogP contribution in [-0.2, 0) is 4.74 Å². The van der Waals surface area contributed by atoms with Crippen LogP contribution in [0.1, 0.15) is 33.1 Å². The normalized spacial score (nSPS) is 19.5. The fourth-order valence-corrected chi connectivity index (χ4v) is 2.19. The van der Waals surface area contributed by atoms with E-state index >= 15 is 0 Å². The molecule has 0 aromatic carbocycles. The van der Waals surface area contributed by atoms with Crippen LogP contribution in [0.15, 0.2) is 0 Å². The van der Waals surface area contributed by atoms with Crippen LogP contribution in [0.2, 0.25) is 0 Å². The zero-order valence-corrected chi connectivity index (χ0v) is 11.2. The number of ether oxygens (including phenoxy) is 1. The first-order valence-electron chi connectivity index (χ1n) is 6.68. The van der Waals surface area contributed by atoms with Gasteiger partial charge in [0.2, 0.25) is 0 Å². The van der Waals surface area contributed by atoms with Crippen LogP contribution in [0.5, 0.6) is 0 Å². The third-order valence-corrected chi connectivity index (χ3v) is 3.25. The van der Waals surface area contributed by atoms with Gasteiger partial charge in [0.1, 0.15) is 0 Å². The molecule has 96 valence electrons. The van der Waals surface area contributed by atoms with E-state index in [0.717, 1.165) is 19.0 Å². The Labute approximate surface area is 101 Å². The van der Waals surface area contributed by atoms with E-state index < -0.39 is 0 Å². The molecule has 1 saturated heterocycles. The van der Waals surface area contributed by atoms with Crippen molar-refractivity contribution < 1.29 is 4.74 Å². The minimum atomic E-state index is 0.510. The predicted octanol–water partition coefficient (Wildman–Crippen LogP) is 1.73. The van der Waals surface area contributed by atoms with Gasteiger partial charge in [-0.2, -0.15) is 0 Å². The first-order chi connectivity index (χ1) is 7.72. The number of hydrogen-bond donors (Lipinski definition) is 1. The van der Waals surface area contributed by atoms with Crippen molar-refractivity contribution in [3.05, 3.63) is 0 Å². The molecule has 0 aromatic heterocycles. The molecule has 3 heteroatoms. The van der Waals surface area contributed by atoms with Gasteiger partial charge in [-0.1, -0.05) is 13.8 Å². The summed E-state index contributed by atoms with van der Waals surface area (Å²) >= 11 is 0. The minimum absolute atomic E-state index is 0.510. The Morgan fingerprint density at radius 2 is 2.00 bits per heavy atom. The summed E-state index contributed by atoms with van der Waals surface area (Å²) in [5.74, 6) is 0.762. The maximum atomic E-state index is 5.37. The Balaban J connectivity index is 1.94. The lowest BCUT2D eigenvalue weighted by Crippen LogP contribution is -2.38. The zero-order chi connectivity index (χ0) is 11.8. The van der Waals surface area contributed by atoms with E-state index in [4.69, 9.17) is 4.74 Å². The predicted molar refractivity (Wildman–Crippen MR) is 68.8 cm³/mol. The lowest BCUT2D eigenvalue weighted by atomic mass is 10.1. The Kier molecular flexibility index (Phi) is 7.01. The summed E-state index contributed by atoms with van der Waals surface area (Å²) in [5.41, 5.74) is 0. The highest BCUT2D eigenvalue weighted by atomic mass is 16.5. The second-order valence-corrected chi connectivity index (χ2v) is 5.23. The molecule has 0 radical (unpaired) electrons. The van der Waals surface area contributed by atoms with E-state index in [1.165, 1.54) is 38.9 Å². The SMILES string of the molecule is COC1CCN(CCCNCC(C)C)CC1. The standard InChI is InChI=1S/C13H28N2O/c1-12(2)11-14-7-4-8-15-9-5-13(16-3)6-10-15/h12-14H,4-11H2,1-3H3. The molecular weight excluding hydrogens is 200 g/mol. The van der Waals surface area contributed by atoms with Crippen LogP contribution >= 0.6 is 0 Å². The zero-order valence-electron chi connectivity index (χ0n) is 11.2. The number of piperidine rings is 1. The van der Waals surface area contributed by atoms with Gasteiger partial charge in [-0.25, -0.2) is 0 Å². The van der Waals surface area contributed by atoms with E-state index in [1.54, 1.807) is 0 Å². The number of hydrogen-bond acceptors (Lipinski definition) is 3. The van der Waals surface area contributed by atoms with Crippen LogP contribution in [0.3, 0.4) is 0 Å². The highest BCUT2D eigenvalue weighted by molar-refractivity contribution is 4.72. The minimum Gasteiger partial charge on any atom is -0.381 e. The van der Waals surface area contributed by atoms with Crippen molar-refractivity contribution in [3.8, 4) is 0 Å². The smallest absolute Gasteiger partial charge is 0.0595 e. The average molecular weight is 228 g/mol. The fourth-order valence-electron chi connectivity index (χ4n) is 2.19. The van der Waals surface area contributed by atoms with Gasteiger partial charge >= 0.3 is 0 Å². The van der Waals surface area contributed by atoms with Crippen LogP contribution in [0, 0.1) is 5.92 Å². The van der Waals surface area contributed by atoms with Crippen molar-refractivity contribution in [2.24, 2.45) is 5.92 Å². The first kappa shape index (κ1) is 13.9. The van der Waals surface area contributed by atoms with Crippen LogP contribution in [0.25, 0.3) is 0 Å². The molecule has 0 bridgehead atoms. The number of methoxy groups -OCH3 is 1. The lowest BCUT2D eigenvalue weighted by Gasteiger charge is -2.31. The van der Waals surface area contributed by atoms with Crippen molar-refractivity contribution in [1.82, 2.24) is 10.2 Å². The molecule has 0 amide bonds. The second kappa shape index (κ2) is 8.04. The highest BCUT2D eigenvalue weighted by Crippen LogP contribution is 2.12. The molecule has 0 aliphatic carbocycles. The van der Waals surface area contributed by atoms with Gasteiger partial charge in [0.15, 0.2) is 0 Å². The van der Waals surface area contributed by atoms with E-state index in [0.29, 0.717) is 6.10 Å². The third-order valence-electron chi connectivity index (χ3n) is 3.25. The molecule has 1 rings (SSSR count). The molecule has 0 saturated carbocycles. The quantitative estimate of drug-likeness (QED) is 0.672. The molecular formula is C13H28N2O. The Hall–Kier alpha value is -0.120. The monoisotopic (exact) mass is 228 g/mol. The van der Waals surface area contributed by atoms with Crippen molar-refractivity contribution in [2.75, 3.05) is 39.8 Å². The molecule has 1 N–H and O–H groups in total. The molecule has 0 atom stereocenters. The molecule has 0 unspecified atom stereocenters. The molecule has 0 spiro atoms. The van der Waals surface area contributed by atoms with Gasteiger partial charge in [-0.3, -0.25) is 0 Å². The van der Waals surface area contributed by atoms with Crippen LogP contribution in [-0.4, -0.2) is 50.8 Å². The summed E-state index contributed by atoms with van der Waals surface area (Å²) in [6.07, 6.45) is 4.19. The van der Waals surface area contributed by atoms with Crippen molar-refractivity contribution in [2.45, 2.75) is 39.2 Å². The lowest BCUT2D eigenvalue weighted by molar-refractivity contribution is 0.0409. The molecule has 16 heavy (non-hydrogen) atoms. The van der Waals surface area contributed by atoms with Crippen LogP contribution in [0.4, 0.5) is 0 Å². The largest absolute Gasteiger partial charge is 0.381 e. The Morgan fingerprint density at radius 1 is 1.31 bits per heavy atom. The van der Waals surface area contributed by atoms with Gasteiger partial charge in [-0.05, 0) is 44.8 Å². The summed E-state index contributed by atoms with van der Waals surface area (Å²) in [6.45, 7) is 10.5. The number of nitrogens with zero attached hydrogens (tertiary/aromatic N) is 1. The molecule has 1 aliphatic rings. The highest BCUT2D eigenvalue weighted by Gasteiger charge is 2.17. The van der Waals surface area contributed by atoms with E-state index in [1.807, 2.05) is 7.11 Å². The van der Waals surface area contributed by atoms with Gasteiger partial charge in [-0.15, -0.1) is 0 Å². The van der Waals surface area contributed by atoms with Crippen molar-refractivity contribution in [1.29, 1.82) is 0 Å². The number of likely N-dealkylation sites (tertiary alicyclic amines) is 1. The molecule has 1 heterocycles. The van der Waals surface area contributed by atoms with Crippen LogP contribution < -0.4 is 5.32 Å². The molecule has 0 aromatic rings. The topological polar surface area (TPSA) is 24.5 Å². The number of nitrogens with one attached hydrogen (secondary N) is 1. The van der Waals surface area contributed by atoms with E-state index in [9.17, 15) is 0 Å². The maximum absolute atomic E-state index is 5.37. The molecule has 1 fully saturated rings. The van der Waals surface area contributed by atoms with Gasteiger partial charge in [0.25, 0.3) is 0 Å². The molecule has 3 nitrogen and oxygen atoms in total. The molecule has 1 aliphatic heterocycles. The summed E-state index contributed by atoms with van der Waals surface area (Å²) in [5, 5.41) is 3.49. The summed E-state index contributed by atoms with van der Waals surface area (Å²) in [4.78, 5) is 2.56. The van der Waals surface area contributed by atoms with Gasteiger partial charge < -0.3 is 15.0 Å². The van der Waals surface area contributed by atoms with Crippen molar-refractivity contribution in [3.63, 3.8) is 0 Å². The summed E-state index contributed by atoms with van der Waals surface area (Å²) in [7, 11) is 1.83. The Bertz CT molecular complexity index is 165. The van der Waals surface area contributed by atoms with Gasteiger partial charge in [0.05, 0.1) is 6.10 Å². The summed E-state index contributed by atoms with van der Waals surface area (Å²) < 4.78 is 5.37. The van der Waals surface area contributed by atoms with E-state index in [2.05, 4.69) is 24.1 Å². The van der Waals surface area contributed by atoms with E-state index in [-0.39, 0.29) is 0 Å². The van der Waals surface area contributed by atoms with Crippen molar-refractivity contribution >= 4 is 0 Å². The summed E-state index contributed by atoms with van der Waals surface area (Å²) in [6, 6.07) is 0. The average Bonchev–Trinajstić information content (AvgIpc) is 2.29. The number of rotatable bonds is 7. The fraction of sp³-hybridized carbons (Fsp3) is 1.00. The van der Waals surface area contributed by atoms with Gasteiger partial charge in [0, 0.05) is 20.2 Å². The first-order valence-corrected chi connectivity index (χ1v) is 6.68. The Morgan fingerprint density at radius 3 is 2.56 bits per heavy atom. The second-order valence-electron chi connectivity index (χ2n) is 5.23. The maximum Gasteiger partial charge on any atom is 0.0595 e.